The molecule has 1 heterocycles. The number of amides is 1. The first-order valence-electron chi connectivity index (χ1n) is 6.71. The summed E-state index contributed by atoms with van der Waals surface area (Å²) in [4.78, 5) is 14.4. The highest BCUT2D eigenvalue weighted by molar-refractivity contribution is 7.12. The molecule has 1 unspecified atom stereocenters. The van der Waals surface area contributed by atoms with Crippen LogP contribution in [0.3, 0.4) is 0 Å². The molecule has 3 nitrogen and oxygen atoms in total. The van der Waals surface area contributed by atoms with E-state index < -0.39 is 0 Å². The number of carbonyl (C=O) groups excluding carboxylic acids is 1. The molecule has 2 rings (SSSR count). The van der Waals surface area contributed by atoms with Crippen LogP contribution in [-0.2, 0) is 4.79 Å². The van der Waals surface area contributed by atoms with Crippen molar-refractivity contribution in [1.29, 1.82) is 0 Å². The van der Waals surface area contributed by atoms with Gasteiger partial charge in [-0.15, -0.1) is 11.3 Å². The molecule has 0 radical (unpaired) electrons. The predicted octanol–water partition coefficient (Wildman–Crippen LogP) is 3.65. The monoisotopic (exact) mass is 288 g/mol. The van der Waals surface area contributed by atoms with E-state index in [0.717, 1.165) is 5.69 Å². The lowest BCUT2D eigenvalue weighted by Gasteiger charge is -2.12. The summed E-state index contributed by atoms with van der Waals surface area (Å²) in [5.41, 5.74) is 2.02. The zero-order valence-corrected chi connectivity index (χ0v) is 12.9. The number of nitrogens with one attached hydrogen (secondary N) is 2. The van der Waals surface area contributed by atoms with Crippen LogP contribution in [0.15, 0.2) is 36.4 Å². The molecule has 2 aromatic rings. The molecule has 0 aliphatic carbocycles. The van der Waals surface area contributed by atoms with E-state index in [9.17, 15) is 4.79 Å². The van der Waals surface area contributed by atoms with Crippen LogP contribution in [-0.4, -0.2) is 12.5 Å². The van der Waals surface area contributed by atoms with Gasteiger partial charge in [-0.25, -0.2) is 0 Å². The second kappa shape index (κ2) is 6.68. The molecule has 0 bridgehead atoms. The van der Waals surface area contributed by atoms with Crippen molar-refractivity contribution in [2.45, 2.75) is 26.8 Å². The molecule has 20 heavy (non-hydrogen) atoms. The largest absolute Gasteiger partial charge is 0.325 e. The van der Waals surface area contributed by atoms with Gasteiger partial charge in [0.15, 0.2) is 0 Å². The number of aryl methyl sites for hydroxylation is 2. The van der Waals surface area contributed by atoms with Crippen LogP contribution in [0.4, 0.5) is 5.69 Å². The lowest BCUT2D eigenvalue weighted by molar-refractivity contribution is -0.115. The smallest absolute Gasteiger partial charge is 0.238 e. The van der Waals surface area contributed by atoms with Gasteiger partial charge in [-0.1, -0.05) is 17.7 Å². The summed E-state index contributed by atoms with van der Waals surface area (Å²) < 4.78 is 0. The molecule has 0 aliphatic heterocycles. The van der Waals surface area contributed by atoms with Gasteiger partial charge < -0.3 is 10.6 Å². The Morgan fingerprint density at radius 1 is 1.15 bits per heavy atom. The van der Waals surface area contributed by atoms with E-state index in [4.69, 9.17) is 0 Å². The van der Waals surface area contributed by atoms with Crippen LogP contribution < -0.4 is 10.6 Å². The van der Waals surface area contributed by atoms with Crippen molar-refractivity contribution in [2.75, 3.05) is 11.9 Å². The van der Waals surface area contributed by atoms with Crippen LogP contribution in [0.25, 0.3) is 0 Å². The van der Waals surface area contributed by atoms with Gasteiger partial charge >= 0.3 is 0 Å². The molecule has 1 aromatic carbocycles. The molecule has 4 heteroatoms. The summed E-state index contributed by atoms with van der Waals surface area (Å²) >= 11 is 1.76. The third kappa shape index (κ3) is 4.18. The topological polar surface area (TPSA) is 41.1 Å². The van der Waals surface area contributed by atoms with Crippen LogP contribution in [0.1, 0.15) is 28.3 Å². The number of benzene rings is 1. The van der Waals surface area contributed by atoms with Crippen molar-refractivity contribution >= 4 is 22.9 Å². The number of hydrogen-bond acceptors (Lipinski definition) is 3. The highest BCUT2D eigenvalue weighted by Crippen LogP contribution is 2.21. The molecule has 0 fully saturated rings. The van der Waals surface area contributed by atoms with Gasteiger partial charge in [-0.2, -0.15) is 0 Å². The van der Waals surface area contributed by atoms with Crippen molar-refractivity contribution < 1.29 is 4.79 Å². The minimum atomic E-state index is -0.0195. The Morgan fingerprint density at radius 2 is 1.85 bits per heavy atom. The highest BCUT2D eigenvalue weighted by Gasteiger charge is 2.09. The molecular weight excluding hydrogens is 268 g/mol. The van der Waals surface area contributed by atoms with Crippen LogP contribution in [0.2, 0.25) is 0 Å². The van der Waals surface area contributed by atoms with E-state index in [0.29, 0.717) is 6.54 Å². The van der Waals surface area contributed by atoms with Gasteiger partial charge in [0, 0.05) is 21.5 Å². The summed E-state index contributed by atoms with van der Waals surface area (Å²) in [5, 5.41) is 6.13. The second-order valence-corrected chi connectivity index (χ2v) is 6.28. The maximum Gasteiger partial charge on any atom is 0.238 e. The Bertz CT molecular complexity index is 574. The summed E-state index contributed by atoms with van der Waals surface area (Å²) in [6.07, 6.45) is 0. The minimum Gasteiger partial charge on any atom is -0.325 e. The summed E-state index contributed by atoms with van der Waals surface area (Å²) in [6, 6.07) is 12.2. The number of thiophene rings is 1. The molecule has 1 aromatic heterocycles. The van der Waals surface area contributed by atoms with E-state index >= 15 is 0 Å². The molecule has 1 amide bonds. The Hall–Kier alpha value is -1.65. The molecular formula is C16H20N2OS. The predicted molar refractivity (Wildman–Crippen MR) is 85.3 cm³/mol. The number of anilines is 1. The summed E-state index contributed by atoms with van der Waals surface area (Å²) in [7, 11) is 0. The Labute approximate surface area is 124 Å². The molecule has 1 atom stereocenters. The fourth-order valence-corrected chi connectivity index (χ4v) is 2.78. The van der Waals surface area contributed by atoms with Gasteiger partial charge in [-0.05, 0) is 45.0 Å². The van der Waals surface area contributed by atoms with Crippen LogP contribution >= 0.6 is 11.3 Å². The van der Waals surface area contributed by atoms with Crippen molar-refractivity contribution in [1.82, 2.24) is 5.32 Å². The van der Waals surface area contributed by atoms with E-state index in [-0.39, 0.29) is 11.9 Å². The van der Waals surface area contributed by atoms with Gasteiger partial charge in [0.05, 0.1) is 6.54 Å². The summed E-state index contributed by atoms with van der Waals surface area (Å²) in [6.45, 7) is 6.50. The first kappa shape index (κ1) is 14.8. The minimum absolute atomic E-state index is 0.0195. The van der Waals surface area contributed by atoms with E-state index in [1.165, 1.54) is 15.3 Å². The SMILES string of the molecule is Cc1ccc(NC(=O)CNC(C)c2ccc(C)s2)cc1. The van der Waals surface area contributed by atoms with E-state index in [2.05, 4.69) is 36.6 Å². The quantitative estimate of drug-likeness (QED) is 0.881. The first-order valence-corrected chi connectivity index (χ1v) is 7.52. The average molecular weight is 288 g/mol. The third-order valence-corrected chi connectivity index (χ3v) is 4.28. The fraction of sp³-hybridized carbons (Fsp3) is 0.312. The average Bonchev–Trinajstić information content (AvgIpc) is 2.85. The Balaban J connectivity index is 1.81. The van der Waals surface area contributed by atoms with E-state index in [1.807, 2.05) is 31.2 Å². The normalized spacial score (nSPS) is 12.2. The van der Waals surface area contributed by atoms with Crippen molar-refractivity contribution in [3.63, 3.8) is 0 Å². The molecule has 106 valence electrons. The Morgan fingerprint density at radius 3 is 2.45 bits per heavy atom. The molecule has 0 saturated heterocycles. The fourth-order valence-electron chi connectivity index (χ4n) is 1.87. The number of carbonyl (C=O) groups is 1. The maximum atomic E-state index is 11.9. The first-order chi connectivity index (χ1) is 9.54. The van der Waals surface area contributed by atoms with Gasteiger partial charge in [0.2, 0.25) is 5.91 Å². The highest BCUT2D eigenvalue weighted by atomic mass is 32.1. The molecule has 2 N–H and O–H groups in total. The molecule has 0 spiro atoms. The van der Waals surface area contributed by atoms with Crippen molar-refractivity contribution in [3.8, 4) is 0 Å². The van der Waals surface area contributed by atoms with Crippen molar-refractivity contribution in [2.24, 2.45) is 0 Å². The van der Waals surface area contributed by atoms with Gasteiger partial charge in [0.1, 0.15) is 0 Å². The third-order valence-electron chi connectivity index (χ3n) is 3.09. The summed E-state index contributed by atoms with van der Waals surface area (Å²) in [5.74, 6) is -0.0195. The maximum absolute atomic E-state index is 11.9. The van der Waals surface area contributed by atoms with Gasteiger partial charge in [0.25, 0.3) is 0 Å². The van der Waals surface area contributed by atoms with E-state index in [1.54, 1.807) is 11.3 Å². The van der Waals surface area contributed by atoms with Crippen LogP contribution in [0.5, 0.6) is 0 Å². The van der Waals surface area contributed by atoms with Crippen LogP contribution in [0, 0.1) is 13.8 Å². The molecule has 0 aliphatic rings. The Kier molecular flexibility index (Phi) is 4.93. The second-order valence-electron chi connectivity index (χ2n) is 4.97. The zero-order valence-electron chi connectivity index (χ0n) is 12.1. The number of hydrogen-bond donors (Lipinski definition) is 2. The number of rotatable bonds is 5. The molecule has 0 saturated carbocycles. The standard InChI is InChI=1S/C16H20N2OS/c1-11-4-7-14(8-5-11)18-16(19)10-17-13(3)15-9-6-12(2)20-15/h4-9,13,17H,10H2,1-3H3,(H,18,19). The van der Waals surface area contributed by atoms with Crippen molar-refractivity contribution in [3.05, 3.63) is 51.7 Å². The van der Waals surface area contributed by atoms with Gasteiger partial charge in [-0.3, -0.25) is 4.79 Å². The zero-order chi connectivity index (χ0) is 14.5. The lowest BCUT2D eigenvalue weighted by atomic mass is 10.2. The lowest BCUT2D eigenvalue weighted by Crippen LogP contribution is -2.29.